The fourth-order valence-corrected chi connectivity index (χ4v) is 1.74. The van der Waals surface area contributed by atoms with Crippen molar-refractivity contribution in [2.24, 2.45) is 5.10 Å². The van der Waals surface area contributed by atoms with E-state index in [1.807, 2.05) is 24.3 Å². The van der Waals surface area contributed by atoms with Crippen molar-refractivity contribution >= 4 is 28.1 Å². The number of amides is 1. The Morgan fingerprint density at radius 2 is 2.25 bits per heavy atom. The summed E-state index contributed by atoms with van der Waals surface area (Å²) in [6.45, 7) is -0.101. The Balaban J connectivity index is 1.77. The molecular formula is C14H12BrN3O2. The lowest BCUT2D eigenvalue weighted by Gasteiger charge is -2.04. The molecule has 0 unspecified atom stereocenters. The molecule has 0 aliphatic carbocycles. The number of carbonyl (C=O) groups excluding carboxylic acids is 1. The van der Waals surface area contributed by atoms with E-state index in [1.54, 1.807) is 24.4 Å². The standard InChI is InChI=1S/C14H12BrN3O2/c15-11-4-3-6-13(8-11)20-10-14(19)18-17-9-12-5-1-2-7-16-12/h1-9H,10H2,(H,18,19). The average Bonchev–Trinajstić information content (AvgIpc) is 2.46. The monoisotopic (exact) mass is 333 g/mol. The molecule has 0 radical (unpaired) electrons. The smallest absolute Gasteiger partial charge is 0.277 e. The van der Waals surface area contributed by atoms with E-state index in [1.165, 1.54) is 6.21 Å². The lowest BCUT2D eigenvalue weighted by molar-refractivity contribution is -0.123. The first-order valence-corrected chi connectivity index (χ1v) is 6.64. The van der Waals surface area contributed by atoms with E-state index in [-0.39, 0.29) is 12.5 Å². The number of halogens is 1. The van der Waals surface area contributed by atoms with E-state index >= 15 is 0 Å². The first-order valence-electron chi connectivity index (χ1n) is 5.85. The first-order chi connectivity index (χ1) is 9.74. The number of carbonyl (C=O) groups is 1. The quantitative estimate of drug-likeness (QED) is 0.674. The third-order valence-electron chi connectivity index (χ3n) is 2.24. The van der Waals surface area contributed by atoms with Crippen molar-refractivity contribution in [3.8, 4) is 5.75 Å². The Labute approximate surface area is 124 Å². The first kappa shape index (κ1) is 14.2. The van der Waals surface area contributed by atoms with Gasteiger partial charge in [0.15, 0.2) is 6.61 Å². The lowest BCUT2D eigenvalue weighted by Crippen LogP contribution is -2.24. The van der Waals surface area contributed by atoms with Crippen LogP contribution < -0.4 is 10.2 Å². The van der Waals surface area contributed by atoms with Gasteiger partial charge in [0.05, 0.1) is 11.9 Å². The number of nitrogens with one attached hydrogen (secondary N) is 1. The minimum Gasteiger partial charge on any atom is -0.484 e. The molecule has 0 aliphatic rings. The number of hydrogen-bond donors (Lipinski definition) is 1. The molecule has 102 valence electrons. The largest absolute Gasteiger partial charge is 0.484 e. The molecule has 1 aromatic heterocycles. The Morgan fingerprint density at radius 1 is 1.35 bits per heavy atom. The highest BCUT2D eigenvalue weighted by Gasteiger charge is 2.01. The number of benzene rings is 1. The third kappa shape index (κ3) is 4.81. The molecule has 0 spiro atoms. The van der Waals surface area contributed by atoms with Crippen LogP contribution in [-0.2, 0) is 4.79 Å². The number of nitrogens with zero attached hydrogens (tertiary/aromatic N) is 2. The molecule has 6 heteroatoms. The van der Waals surface area contributed by atoms with Crippen LogP contribution in [0.3, 0.4) is 0 Å². The highest BCUT2D eigenvalue weighted by molar-refractivity contribution is 9.10. The van der Waals surface area contributed by atoms with E-state index in [2.05, 4.69) is 31.4 Å². The summed E-state index contributed by atoms with van der Waals surface area (Å²) in [5.74, 6) is 0.278. The maximum absolute atomic E-state index is 11.5. The number of ether oxygens (including phenoxy) is 1. The molecule has 1 N–H and O–H groups in total. The van der Waals surface area contributed by atoms with Gasteiger partial charge in [-0.05, 0) is 30.3 Å². The second-order valence-electron chi connectivity index (χ2n) is 3.79. The van der Waals surface area contributed by atoms with Crippen molar-refractivity contribution in [3.63, 3.8) is 0 Å². The topological polar surface area (TPSA) is 63.6 Å². The van der Waals surface area contributed by atoms with Gasteiger partial charge in [-0.3, -0.25) is 9.78 Å². The average molecular weight is 334 g/mol. The SMILES string of the molecule is O=C(COc1cccc(Br)c1)NN=Cc1ccccn1. The summed E-state index contributed by atoms with van der Waals surface area (Å²) in [6.07, 6.45) is 3.12. The van der Waals surface area contributed by atoms with Gasteiger partial charge in [0.25, 0.3) is 5.91 Å². The molecular weight excluding hydrogens is 322 g/mol. The van der Waals surface area contributed by atoms with Crippen LogP contribution in [0.25, 0.3) is 0 Å². The van der Waals surface area contributed by atoms with Crippen LogP contribution in [0.15, 0.2) is 58.2 Å². The van der Waals surface area contributed by atoms with Crippen LogP contribution in [0.5, 0.6) is 5.75 Å². The van der Waals surface area contributed by atoms with Crippen molar-refractivity contribution in [1.82, 2.24) is 10.4 Å². The summed E-state index contributed by atoms with van der Waals surface area (Å²) < 4.78 is 6.21. The summed E-state index contributed by atoms with van der Waals surface area (Å²) in [5, 5.41) is 3.80. The minimum atomic E-state index is -0.336. The fraction of sp³-hybridized carbons (Fsp3) is 0.0714. The number of aromatic nitrogens is 1. The maximum atomic E-state index is 11.5. The molecule has 2 aromatic rings. The molecule has 0 saturated carbocycles. The second kappa shape index (κ2) is 7.40. The third-order valence-corrected chi connectivity index (χ3v) is 2.73. The van der Waals surface area contributed by atoms with Gasteiger partial charge in [-0.15, -0.1) is 0 Å². The lowest BCUT2D eigenvalue weighted by atomic mass is 10.3. The van der Waals surface area contributed by atoms with E-state index in [0.717, 1.165) is 4.47 Å². The Morgan fingerprint density at radius 3 is 3.00 bits per heavy atom. The van der Waals surface area contributed by atoms with Gasteiger partial charge in [-0.25, -0.2) is 5.43 Å². The summed E-state index contributed by atoms with van der Waals surface area (Å²) in [5.41, 5.74) is 3.04. The number of rotatable bonds is 5. The van der Waals surface area contributed by atoms with Gasteiger partial charge in [0.2, 0.25) is 0 Å². The predicted molar refractivity (Wildman–Crippen MR) is 79.6 cm³/mol. The minimum absolute atomic E-state index is 0.101. The van der Waals surface area contributed by atoms with E-state index < -0.39 is 0 Å². The summed E-state index contributed by atoms with van der Waals surface area (Å²) >= 11 is 3.33. The van der Waals surface area contributed by atoms with Gasteiger partial charge in [-0.1, -0.05) is 28.1 Å². The number of hydrogen-bond acceptors (Lipinski definition) is 4. The zero-order valence-electron chi connectivity index (χ0n) is 10.5. The summed E-state index contributed by atoms with van der Waals surface area (Å²) in [7, 11) is 0. The van der Waals surface area contributed by atoms with Crippen LogP contribution in [-0.4, -0.2) is 23.7 Å². The van der Waals surface area contributed by atoms with Crippen molar-refractivity contribution < 1.29 is 9.53 Å². The van der Waals surface area contributed by atoms with Crippen LogP contribution in [0.4, 0.5) is 0 Å². The van der Waals surface area contributed by atoms with Crippen LogP contribution in [0, 0.1) is 0 Å². The van der Waals surface area contributed by atoms with Gasteiger partial charge in [0.1, 0.15) is 5.75 Å². The Bertz CT molecular complexity index is 602. The Hall–Kier alpha value is -2.21. The zero-order valence-corrected chi connectivity index (χ0v) is 12.1. The van der Waals surface area contributed by atoms with Crippen LogP contribution >= 0.6 is 15.9 Å². The van der Waals surface area contributed by atoms with Crippen LogP contribution in [0.1, 0.15) is 5.69 Å². The maximum Gasteiger partial charge on any atom is 0.277 e. The molecule has 1 amide bonds. The molecule has 5 nitrogen and oxygen atoms in total. The van der Waals surface area contributed by atoms with Gasteiger partial charge < -0.3 is 4.74 Å². The fourth-order valence-electron chi connectivity index (χ4n) is 1.36. The number of pyridine rings is 1. The van der Waals surface area contributed by atoms with Crippen molar-refractivity contribution in [2.45, 2.75) is 0 Å². The van der Waals surface area contributed by atoms with Gasteiger partial charge >= 0.3 is 0 Å². The van der Waals surface area contributed by atoms with Crippen molar-refractivity contribution in [1.29, 1.82) is 0 Å². The van der Waals surface area contributed by atoms with Crippen molar-refractivity contribution in [3.05, 3.63) is 58.8 Å². The highest BCUT2D eigenvalue weighted by atomic mass is 79.9. The Kier molecular flexibility index (Phi) is 5.25. The predicted octanol–water partition coefficient (Wildman–Crippen LogP) is 2.37. The highest BCUT2D eigenvalue weighted by Crippen LogP contribution is 2.17. The van der Waals surface area contributed by atoms with Gasteiger partial charge in [0, 0.05) is 10.7 Å². The molecule has 0 bridgehead atoms. The molecule has 0 aliphatic heterocycles. The number of hydrazone groups is 1. The normalized spacial score (nSPS) is 10.4. The van der Waals surface area contributed by atoms with E-state index in [9.17, 15) is 4.79 Å². The summed E-state index contributed by atoms with van der Waals surface area (Å²) in [6, 6.07) is 12.7. The van der Waals surface area contributed by atoms with Crippen molar-refractivity contribution in [2.75, 3.05) is 6.61 Å². The molecule has 0 saturated heterocycles. The second-order valence-corrected chi connectivity index (χ2v) is 4.71. The van der Waals surface area contributed by atoms with Gasteiger partial charge in [-0.2, -0.15) is 5.10 Å². The molecule has 1 heterocycles. The molecule has 2 rings (SSSR count). The van der Waals surface area contributed by atoms with E-state index in [0.29, 0.717) is 11.4 Å². The molecule has 0 atom stereocenters. The summed E-state index contributed by atoms with van der Waals surface area (Å²) in [4.78, 5) is 15.6. The molecule has 1 aromatic carbocycles. The molecule has 20 heavy (non-hydrogen) atoms. The van der Waals surface area contributed by atoms with Crippen LogP contribution in [0.2, 0.25) is 0 Å². The molecule has 0 fully saturated rings. The van der Waals surface area contributed by atoms with E-state index in [4.69, 9.17) is 4.74 Å². The zero-order chi connectivity index (χ0) is 14.2.